The summed E-state index contributed by atoms with van der Waals surface area (Å²) in [6.07, 6.45) is 0.341. The average Bonchev–Trinajstić information content (AvgIpc) is 2.44. The van der Waals surface area contributed by atoms with Gasteiger partial charge in [-0.05, 0) is 41.3 Å². The van der Waals surface area contributed by atoms with E-state index < -0.39 is 14.9 Å². The molecule has 7 nitrogen and oxygen atoms in total. The van der Waals surface area contributed by atoms with E-state index in [1.54, 1.807) is 0 Å². The third-order valence-corrected chi connectivity index (χ3v) is 5.94. The van der Waals surface area contributed by atoms with Crippen LogP contribution in [0.15, 0.2) is 0 Å². The van der Waals surface area contributed by atoms with Gasteiger partial charge in [-0.15, -0.1) is 0 Å². The molecule has 22 heavy (non-hydrogen) atoms. The molecule has 0 spiro atoms. The molecule has 0 atom stereocenters. The second-order valence-electron chi connectivity index (χ2n) is 4.95. The van der Waals surface area contributed by atoms with Crippen LogP contribution in [0.3, 0.4) is 0 Å². The zero-order chi connectivity index (χ0) is 16.8. The minimum atomic E-state index is -2.61. The summed E-state index contributed by atoms with van der Waals surface area (Å²) in [5.74, 6) is 0. The van der Waals surface area contributed by atoms with Gasteiger partial charge in [0.25, 0.3) is 0 Å². The molecule has 8 heteroatoms. The Morgan fingerprint density at radius 1 is 1.05 bits per heavy atom. The van der Waals surface area contributed by atoms with E-state index in [4.69, 9.17) is 18.0 Å². The maximum Gasteiger partial charge on any atom is 0.500 e. The van der Waals surface area contributed by atoms with Gasteiger partial charge in [0.2, 0.25) is 0 Å². The van der Waals surface area contributed by atoms with Crippen LogP contribution in [-0.4, -0.2) is 73.4 Å². The Kier molecular flexibility index (Phi) is 12.4. The molecule has 0 unspecified atom stereocenters. The Labute approximate surface area is 135 Å². The number of carbonyl (C=O) groups excluding carboxylic acids is 1. The van der Waals surface area contributed by atoms with Gasteiger partial charge in [0.15, 0.2) is 0 Å². The first-order chi connectivity index (χ1) is 10.5. The molecule has 0 bridgehead atoms. The molecule has 0 heterocycles. The van der Waals surface area contributed by atoms with Gasteiger partial charge in [-0.25, -0.2) is 4.79 Å². The summed E-state index contributed by atoms with van der Waals surface area (Å²) in [6, 6.07) is 0.681. The van der Waals surface area contributed by atoms with E-state index in [1.807, 2.05) is 39.8 Å². The number of carbonyl (C=O) groups is 1. The number of hydrogen-bond acceptors (Lipinski definition) is 6. The van der Waals surface area contributed by atoms with Gasteiger partial charge in [-0.3, -0.25) is 0 Å². The van der Waals surface area contributed by atoms with Crippen molar-refractivity contribution in [2.45, 2.75) is 33.2 Å². The van der Waals surface area contributed by atoms with Crippen LogP contribution in [-0.2, 0) is 18.0 Å². The highest BCUT2D eigenvalue weighted by molar-refractivity contribution is 6.60. The molecule has 0 radical (unpaired) electrons. The summed E-state index contributed by atoms with van der Waals surface area (Å²) in [5, 5.41) is 2.73. The molecular formula is C14H32N2O5Si. The number of alkyl carbamates (subject to hydrolysis) is 1. The van der Waals surface area contributed by atoms with Crippen molar-refractivity contribution in [1.29, 1.82) is 0 Å². The normalized spacial score (nSPS) is 11.7. The minimum Gasteiger partial charge on any atom is -0.448 e. The Balaban J connectivity index is 4.03. The standard InChI is InChI=1S/C14H32N2O5Si/c1-6-19-22(20-7-2,21-8-3)13-9-10-15-14(17)18-12-11-16(4)5/h6-13H2,1-5H3,(H,15,17). The fourth-order valence-corrected chi connectivity index (χ4v) is 4.48. The predicted molar refractivity (Wildman–Crippen MR) is 88.0 cm³/mol. The van der Waals surface area contributed by atoms with Crippen molar-refractivity contribution >= 4 is 14.9 Å². The van der Waals surface area contributed by atoms with Gasteiger partial charge >= 0.3 is 14.9 Å². The zero-order valence-corrected chi connectivity index (χ0v) is 15.6. The van der Waals surface area contributed by atoms with Crippen molar-refractivity contribution in [2.24, 2.45) is 0 Å². The largest absolute Gasteiger partial charge is 0.500 e. The Hall–Kier alpha value is -0.673. The zero-order valence-electron chi connectivity index (χ0n) is 14.6. The lowest BCUT2D eigenvalue weighted by molar-refractivity contribution is 0.0706. The van der Waals surface area contributed by atoms with Crippen LogP contribution < -0.4 is 5.32 Å². The number of likely N-dealkylation sites (N-methyl/N-ethyl adjacent to an activating group) is 1. The number of nitrogens with zero attached hydrogens (tertiary/aromatic N) is 1. The predicted octanol–water partition coefficient (Wildman–Crippen LogP) is 1.71. The maximum atomic E-state index is 11.5. The molecule has 0 saturated carbocycles. The summed E-state index contributed by atoms with van der Waals surface area (Å²) in [4.78, 5) is 13.4. The van der Waals surface area contributed by atoms with Gasteiger partial charge in [-0.1, -0.05) is 0 Å². The Morgan fingerprint density at radius 2 is 1.59 bits per heavy atom. The van der Waals surface area contributed by atoms with Gasteiger partial charge in [0.05, 0.1) is 0 Å². The molecule has 1 amide bonds. The molecule has 0 aliphatic carbocycles. The van der Waals surface area contributed by atoms with Crippen LogP contribution in [0.2, 0.25) is 6.04 Å². The first-order valence-electron chi connectivity index (χ1n) is 7.96. The summed E-state index contributed by atoms with van der Waals surface area (Å²) in [7, 11) is 1.26. The third-order valence-electron chi connectivity index (χ3n) is 2.79. The lowest BCUT2D eigenvalue weighted by Gasteiger charge is -2.28. The molecule has 0 saturated heterocycles. The molecule has 0 rings (SSSR count). The quantitative estimate of drug-likeness (QED) is 0.408. The summed E-state index contributed by atoms with van der Waals surface area (Å²) in [6.45, 7) is 9.09. The second kappa shape index (κ2) is 12.8. The molecule has 0 aliphatic heterocycles. The molecule has 132 valence electrons. The molecular weight excluding hydrogens is 304 g/mol. The second-order valence-corrected chi connectivity index (χ2v) is 7.68. The van der Waals surface area contributed by atoms with Crippen LogP contribution in [0.4, 0.5) is 4.79 Å². The lowest BCUT2D eigenvalue weighted by Crippen LogP contribution is -2.46. The van der Waals surface area contributed by atoms with Crippen LogP contribution in [0, 0.1) is 0 Å². The van der Waals surface area contributed by atoms with Crippen molar-refractivity contribution < 1.29 is 22.8 Å². The van der Waals surface area contributed by atoms with Gasteiger partial charge in [-0.2, -0.15) is 0 Å². The van der Waals surface area contributed by atoms with E-state index in [2.05, 4.69) is 5.32 Å². The van der Waals surface area contributed by atoms with Crippen LogP contribution in [0.1, 0.15) is 27.2 Å². The first-order valence-corrected chi connectivity index (χ1v) is 9.90. The molecule has 0 aromatic heterocycles. The molecule has 1 N–H and O–H groups in total. The molecule has 0 aromatic carbocycles. The molecule has 0 fully saturated rings. The van der Waals surface area contributed by atoms with Gasteiger partial charge in [0, 0.05) is 39.0 Å². The van der Waals surface area contributed by atoms with E-state index in [-0.39, 0.29) is 0 Å². The number of ether oxygens (including phenoxy) is 1. The smallest absolute Gasteiger partial charge is 0.448 e. The van der Waals surface area contributed by atoms with E-state index in [0.717, 1.165) is 6.42 Å². The number of hydrogen-bond donors (Lipinski definition) is 1. The Morgan fingerprint density at radius 3 is 2.05 bits per heavy atom. The maximum absolute atomic E-state index is 11.5. The van der Waals surface area contributed by atoms with Crippen molar-refractivity contribution in [2.75, 3.05) is 53.6 Å². The number of amides is 1. The highest BCUT2D eigenvalue weighted by Gasteiger charge is 2.39. The van der Waals surface area contributed by atoms with Crippen molar-refractivity contribution in [3.63, 3.8) is 0 Å². The average molecular weight is 337 g/mol. The van der Waals surface area contributed by atoms with E-state index in [1.165, 1.54) is 0 Å². The van der Waals surface area contributed by atoms with Gasteiger partial charge in [0.1, 0.15) is 6.61 Å². The van der Waals surface area contributed by atoms with Crippen molar-refractivity contribution in [3.05, 3.63) is 0 Å². The fraction of sp³-hybridized carbons (Fsp3) is 0.929. The van der Waals surface area contributed by atoms with Crippen LogP contribution >= 0.6 is 0 Å². The minimum absolute atomic E-state index is 0.383. The third kappa shape index (κ3) is 10.1. The molecule has 0 aromatic rings. The Bertz CT molecular complexity index is 275. The SMILES string of the molecule is CCO[Si](CCCNC(=O)OCCN(C)C)(OCC)OCC. The summed E-state index contributed by atoms with van der Waals surface area (Å²) >= 11 is 0. The fourth-order valence-electron chi connectivity index (χ4n) is 1.87. The van der Waals surface area contributed by atoms with Crippen LogP contribution in [0.5, 0.6) is 0 Å². The van der Waals surface area contributed by atoms with Crippen LogP contribution in [0.25, 0.3) is 0 Å². The van der Waals surface area contributed by atoms with E-state index in [9.17, 15) is 4.79 Å². The lowest BCUT2D eigenvalue weighted by atomic mass is 10.5. The molecule has 0 aliphatic rings. The summed E-state index contributed by atoms with van der Waals surface area (Å²) < 4.78 is 22.3. The number of nitrogens with one attached hydrogen (secondary N) is 1. The van der Waals surface area contributed by atoms with Crippen molar-refractivity contribution in [3.8, 4) is 0 Å². The van der Waals surface area contributed by atoms with E-state index in [0.29, 0.717) is 45.6 Å². The first kappa shape index (κ1) is 21.3. The topological polar surface area (TPSA) is 69.3 Å². The highest BCUT2D eigenvalue weighted by atomic mass is 28.4. The number of rotatable bonds is 13. The van der Waals surface area contributed by atoms with Gasteiger partial charge < -0.3 is 28.2 Å². The summed E-state index contributed by atoms with van der Waals surface area (Å²) in [5.41, 5.74) is 0. The monoisotopic (exact) mass is 336 g/mol. The highest BCUT2D eigenvalue weighted by Crippen LogP contribution is 2.17. The van der Waals surface area contributed by atoms with Crippen molar-refractivity contribution in [1.82, 2.24) is 10.2 Å². The van der Waals surface area contributed by atoms with E-state index >= 15 is 0 Å².